The quantitative estimate of drug-likeness (QED) is 0.914. The van der Waals surface area contributed by atoms with Crippen molar-refractivity contribution in [2.24, 2.45) is 0 Å². The summed E-state index contributed by atoms with van der Waals surface area (Å²) < 4.78 is 1.74. The van der Waals surface area contributed by atoms with Crippen LogP contribution in [0.25, 0.3) is 12.2 Å². The molecule has 0 amide bonds. The molecule has 2 aromatic rings. The summed E-state index contributed by atoms with van der Waals surface area (Å²) in [7, 11) is 0. The number of carboxylic acid groups (broad SMARTS) is 1. The van der Waals surface area contributed by atoms with Gasteiger partial charge in [0.05, 0.1) is 17.4 Å². The zero-order valence-electron chi connectivity index (χ0n) is 11.5. The Bertz CT molecular complexity index is 655. The average molecular weight is 273 g/mol. The maximum atomic E-state index is 11.0. The molecule has 0 radical (unpaired) electrons. The highest BCUT2D eigenvalue weighted by Crippen LogP contribution is 2.13. The van der Waals surface area contributed by atoms with E-state index in [1.165, 1.54) is 12.4 Å². The van der Waals surface area contributed by atoms with E-state index in [0.29, 0.717) is 5.69 Å². The number of aromatic carboxylic acids is 1. The molecular weight excluding hydrogens is 258 g/mol. The summed E-state index contributed by atoms with van der Waals surface area (Å²) in [5.74, 6) is -1.11. The minimum atomic E-state index is -1.11. The van der Waals surface area contributed by atoms with E-state index in [4.69, 9.17) is 5.11 Å². The smallest absolute Gasteiger partial charge is 0.356 e. The lowest BCUT2D eigenvalue weighted by molar-refractivity contribution is 0.0689. The van der Waals surface area contributed by atoms with Crippen molar-refractivity contribution < 1.29 is 9.90 Å². The lowest BCUT2D eigenvalue weighted by Gasteiger charge is -2.17. The fourth-order valence-electron chi connectivity index (χ4n) is 1.48. The third kappa shape index (κ3) is 3.05. The van der Waals surface area contributed by atoms with Gasteiger partial charge in [-0.1, -0.05) is 5.21 Å². The van der Waals surface area contributed by atoms with Crippen molar-refractivity contribution in [3.63, 3.8) is 0 Å². The van der Waals surface area contributed by atoms with Gasteiger partial charge in [-0.3, -0.25) is 4.98 Å². The Labute approximate surface area is 116 Å². The minimum absolute atomic E-state index is 0.0908. The second-order valence-corrected chi connectivity index (χ2v) is 5.19. The van der Waals surface area contributed by atoms with E-state index in [0.717, 1.165) is 0 Å². The topological polar surface area (TPSA) is 93.8 Å². The molecule has 104 valence electrons. The van der Waals surface area contributed by atoms with Crippen LogP contribution < -0.4 is 0 Å². The van der Waals surface area contributed by atoms with E-state index in [2.05, 4.69) is 20.3 Å². The van der Waals surface area contributed by atoms with Crippen LogP contribution in [0.3, 0.4) is 0 Å². The summed E-state index contributed by atoms with van der Waals surface area (Å²) in [4.78, 5) is 18.8. The molecule has 2 rings (SSSR count). The first-order valence-electron chi connectivity index (χ1n) is 6.03. The van der Waals surface area contributed by atoms with Crippen LogP contribution in [0.2, 0.25) is 0 Å². The predicted octanol–water partition coefficient (Wildman–Crippen LogP) is 1.69. The molecule has 7 heteroatoms. The lowest BCUT2D eigenvalue weighted by Crippen LogP contribution is -2.22. The average Bonchev–Trinajstić information content (AvgIpc) is 2.85. The third-order valence-corrected chi connectivity index (χ3v) is 2.54. The van der Waals surface area contributed by atoms with Crippen LogP contribution in [0, 0.1) is 0 Å². The monoisotopic (exact) mass is 273 g/mol. The Morgan fingerprint density at radius 1 is 1.25 bits per heavy atom. The Morgan fingerprint density at radius 2 is 1.95 bits per heavy atom. The third-order valence-electron chi connectivity index (χ3n) is 2.54. The number of carbonyl (C=O) groups is 1. The van der Waals surface area contributed by atoms with Crippen molar-refractivity contribution in [2.45, 2.75) is 26.3 Å². The van der Waals surface area contributed by atoms with E-state index in [1.807, 2.05) is 20.8 Å². The molecule has 0 unspecified atom stereocenters. The molecule has 0 atom stereocenters. The van der Waals surface area contributed by atoms with Crippen molar-refractivity contribution in [3.8, 4) is 0 Å². The van der Waals surface area contributed by atoms with Gasteiger partial charge in [0.25, 0.3) is 0 Å². The van der Waals surface area contributed by atoms with E-state index in [9.17, 15) is 4.79 Å². The molecule has 0 aliphatic rings. The molecule has 1 N–H and O–H groups in total. The van der Waals surface area contributed by atoms with Gasteiger partial charge in [-0.25, -0.2) is 14.5 Å². The van der Waals surface area contributed by atoms with E-state index in [-0.39, 0.29) is 16.9 Å². The number of nitrogens with zero attached hydrogens (tertiary/aromatic N) is 5. The standard InChI is InChI=1S/C13H15N5O2/c1-13(2,3)18-8-9(16-17-18)4-5-10-11(12(19)20)15-7-6-14-10/h4-8H,1-3H3,(H,19,20). The molecule has 0 aliphatic carbocycles. The molecule has 0 saturated carbocycles. The fourth-order valence-corrected chi connectivity index (χ4v) is 1.48. The first-order valence-corrected chi connectivity index (χ1v) is 6.03. The van der Waals surface area contributed by atoms with Crippen LogP contribution in [0.4, 0.5) is 0 Å². The Hall–Kier alpha value is -2.57. The molecule has 0 saturated heterocycles. The molecule has 2 heterocycles. The molecule has 2 aromatic heterocycles. The molecule has 0 bridgehead atoms. The van der Waals surface area contributed by atoms with Gasteiger partial charge < -0.3 is 5.11 Å². The number of carboxylic acids is 1. The van der Waals surface area contributed by atoms with Gasteiger partial charge in [-0.15, -0.1) is 5.10 Å². The zero-order chi connectivity index (χ0) is 14.8. The molecule has 0 fully saturated rings. The molecule has 20 heavy (non-hydrogen) atoms. The first-order chi connectivity index (χ1) is 9.38. The molecule has 0 aliphatic heterocycles. The van der Waals surface area contributed by atoms with E-state index < -0.39 is 5.97 Å². The highest BCUT2D eigenvalue weighted by atomic mass is 16.4. The van der Waals surface area contributed by atoms with E-state index in [1.54, 1.807) is 23.0 Å². The maximum absolute atomic E-state index is 11.0. The van der Waals surface area contributed by atoms with Crippen LogP contribution in [0.15, 0.2) is 18.6 Å². The van der Waals surface area contributed by atoms with Gasteiger partial charge in [-0.2, -0.15) is 0 Å². The van der Waals surface area contributed by atoms with Gasteiger partial charge in [-0.05, 0) is 32.9 Å². The van der Waals surface area contributed by atoms with Crippen molar-refractivity contribution in [3.05, 3.63) is 35.7 Å². The lowest BCUT2D eigenvalue weighted by atomic mass is 10.1. The summed E-state index contributed by atoms with van der Waals surface area (Å²) in [5, 5.41) is 17.0. The fraction of sp³-hybridized carbons (Fsp3) is 0.308. The molecular formula is C13H15N5O2. The number of hydrogen-bond acceptors (Lipinski definition) is 5. The predicted molar refractivity (Wildman–Crippen MR) is 72.9 cm³/mol. The minimum Gasteiger partial charge on any atom is -0.476 e. The summed E-state index contributed by atoms with van der Waals surface area (Å²) >= 11 is 0. The Balaban J connectivity index is 2.26. The van der Waals surface area contributed by atoms with Crippen LogP contribution in [-0.2, 0) is 5.54 Å². The highest BCUT2D eigenvalue weighted by Gasteiger charge is 2.14. The maximum Gasteiger partial charge on any atom is 0.356 e. The normalized spacial score (nSPS) is 11.9. The first kappa shape index (κ1) is 13.9. The van der Waals surface area contributed by atoms with Gasteiger partial charge in [0, 0.05) is 12.4 Å². The second-order valence-electron chi connectivity index (χ2n) is 5.19. The molecule has 0 spiro atoms. The zero-order valence-corrected chi connectivity index (χ0v) is 11.5. The van der Waals surface area contributed by atoms with Crippen LogP contribution in [-0.4, -0.2) is 36.0 Å². The van der Waals surface area contributed by atoms with Gasteiger partial charge in [0.1, 0.15) is 5.69 Å². The largest absolute Gasteiger partial charge is 0.476 e. The van der Waals surface area contributed by atoms with Gasteiger partial charge in [0.15, 0.2) is 5.69 Å². The van der Waals surface area contributed by atoms with Crippen LogP contribution in [0.1, 0.15) is 42.6 Å². The molecule has 7 nitrogen and oxygen atoms in total. The van der Waals surface area contributed by atoms with Crippen molar-refractivity contribution in [1.82, 2.24) is 25.0 Å². The van der Waals surface area contributed by atoms with Crippen molar-refractivity contribution >= 4 is 18.1 Å². The summed E-state index contributed by atoms with van der Waals surface area (Å²) in [6.45, 7) is 6.04. The van der Waals surface area contributed by atoms with Crippen molar-refractivity contribution in [2.75, 3.05) is 0 Å². The Morgan fingerprint density at radius 3 is 2.55 bits per heavy atom. The van der Waals surface area contributed by atoms with Crippen molar-refractivity contribution in [1.29, 1.82) is 0 Å². The van der Waals surface area contributed by atoms with Crippen LogP contribution in [0.5, 0.6) is 0 Å². The van der Waals surface area contributed by atoms with Gasteiger partial charge >= 0.3 is 5.97 Å². The van der Waals surface area contributed by atoms with E-state index >= 15 is 0 Å². The number of rotatable bonds is 3. The SMILES string of the molecule is CC(C)(C)n1cc(C=Cc2nccnc2C(=O)O)nn1. The van der Waals surface area contributed by atoms with Crippen LogP contribution >= 0.6 is 0 Å². The number of aromatic nitrogens is 5. The summed E-state index contributed by atoms with van der Waals surface area (Å²) in [5.41, 5.74) is 0.664. The van der Waals surface area contributed by atoms with Gasteiger partial charge in [0.2, 0.25) is 0 Å². The summed E-state index contributed by atoms with van der Waals surface area (Å²) in [6, 6.07) is 0. The second kappa shape index (κ2) is 5.20. The summed E-state index contributed by atoms with van der Waals surface area (Å²) in [6.07, 6.45) is 7.79. The molecule has 0 aromatic carbocycles. The number of hydrogen-bond donors (Lipinski definition) is 1. The Kier molecular flexibility index (Phi) is 3.60. The highest BCUT2D eigenvalue weighted by molar-refractivity contribution is 5.90.